The first kappa shape index (κ1) is 28.6. The van der Waals surface area contributed by atoms with E-state index in [0.717, 1.165) is 56.4 Å². The summed E-state index contributed by atoms with van der Waals surface area (Å²) in [6.07, 6.45) is 7.82. The quantitative estimate of drug-likeness (QED) is 0.334. The molecule has 206 valence electrons. The zero-order valence-electron chi connectivity index (χ0n) is 22.9. The summed E-state index contributed by atoms with van der Waals surface area (Å²) >= 11 is 1.67. The molecule has 2 aromatic carbocycles. The average molecular weight is 540 g/mol. The molecule has 0 aromatic heterocycles. The highest BCUT2D eigenvalue weighted by molar-refractivity contribution is 7.98. The van der Waals surface area contributed by atoms with E-state index >= 15 is 0 Å². The molecule has 7 heteroatoms. The van der Waals surface area contributed by atoms with Gasteiger partial charge in [-0.15, -0.1) is 0 Å². The Morgan fingerprint density at radius 3 is 2.53 bits per heavy atom. The minimum atomic E-state index is -1.13. The van der Waals surface area contributed by atoms with E-state index in [2.05, 4.69) is 43.0 Å². The fourth-order valence-electron chi connectivity index (χ4n) is 6.52. The molecule has 0 bridgehead atoms. The summed E-state index contributed by atoms with van der Waals surface area (Å²) in [5, 5.41) is 10.6. The maximum absolute atomic E-state index is 14.0. The van der Waals surface area contributed by atoms with Crippen LogP contribution in [0.25, 0.3) is 0 Å². The van der Waals surface area contributed by atoms with E-state index in [0.29, 0.717) is 11.7 Å². The summed E-state index contributed by atoms with van der Waals surface area (Å²) in [7, 11) is 4.14. The number of carbonyl (C=O) groups is 1. The van der Waals surface area contributed by atoms with Crippen molar-refractivity contribution >= 4 is 24.1 Å². The Bertz CT molecular complexity index is 1070. The van der Waals surface area contributed by atoms with Crippen LogP contribution < -0.4 is 0 Å². The van der Waals surface area contributed by atoms with E-state index in [1.165, 1.54) is 11.6 Å². The third-order valence-electron chi connectivity index (χ3n) is 8.31. The summed E-state index contributed by atoms with van der Waals surface area (Å²) in [5.74, 6) is 0.890. The molecule has 1 heterocycles. The molecule has 2 aliphatic rings. The second kappa shape index (κ2) is 13.1. The number of rotatable bonds is 12. The molecule has 1 fully saturated rings. The van der Waals surface area contributed by atoms with Gasteiger partial charge in [-0.3, -0.25) is 4.99 Å². The second-order valence-corrected chi connectivity index (χ2v) is 12.1. The van der Waals surface area contributed by atoms with Gasteiger partial charge in [0.1, 0.15) is 5.82 Å². The lowest BCUT2D eigenvalue weighted by Crippen LogP contribution is -2.57. The fraction of sp³-hybridized carbons (Fsp3) is 0.548. The van der Waals surface area contributed by atoms with Gasteiger partial charge < -0.3 is 14.9 Å². The minimum Gasteiger partial charge on any atom is -0.479 e. The van der Waals surface area contributed by atoms with Crippen LogP contribution >= 0.6 is 11.8 Å². The van der Waals surface area contributed by atoms with Gasteiger partial charge >= 0.3 is 5.97 Å². The average Bonchev–Trinajstić information content (AvgIpc) is 3.28. The van der Waals surface area contributed by atoms with E-state index in [4.69, 9.17) is 4.99 Å². The Kier molecular flexibility index (Phi) is 9.88. The zero-order valence-corrected chi connectivity index (χ0v) is 23.7. The maximum Gasteiger partial charge on any atom is 0.334 e. The van der Waals surface area contributed by atoms with Gasteiger partial charge in [0.2, 0.25) is 0 Å². The highest BCUT2D eigenvalue weighted by atomic mass is 32.2. The van der Waals surface area contributed by atoms with Crippen molar-refractivity contribution < 1.29 is 14.3 Å². The molecule has 0 saturated heterocycles. The molecule has 38 heavy (non-hydrogen) atoms. The molecular formula is C31H42FN3O2S. The Morgan fingerprint density at radius 2 is 1.89 bits per heavy atom. The molecule has 1 aliphatic carbocycles. The van der Waals surface area contributed by atoms with Crippen molar-refractivity contribution in [3.8, 4) is 0 Å². The van der Waals surface area contributed by atoms with Crippen molar-refractivity contribution in [1.29, 1.82) is 0 Å². The number of carboxylic acid groups (broad SMARTS) is 1. The molecule has 5 nitrogen and oxygen atoms in total. The van der Waals surface area contributed by atoms with Gasteiger partial charge in [0.05, 0.1) is 12.4 Å². The third kappa shape index (κ3) is 6.42. The number of benzene rings is 2. The first-order valence-electron chi connectivity index (χ1n) is 13.9. The van der Waals surface area contributed by atoms with Crippen LogP contribution in [0.1, 0.15) is 62.6 Å². The van der Waals surface area contributed by atoms with Crippen LogP contribution in [0.2, 0.25) is 0 Å². The Morgan fingerprint density at radius 1 is 1.16 bits per heavy atom. The Hall–Kier alpha value is -2.38. The second-order valence-electron chi connectivity index (χ2n) is 11.1. The number of hydrogen-bond donors (Lipinski definition) is 1. The van der Waals surface area contributed by atoms with Crippen molar-refractivity contribution in [3.05, 3.63) is 71.5 Å². The van der Waals surface area contributed by atoms with E-state index in [1.54, 1.807) is 23.9 Å². The standard InChI is InChI=1S/C31H42FN3O2S/c1-4-5-18-35-22-33-31(30(36)37,21-38-20-23-10-7-6-8-11-23)29(35)25-16-14-24(15-17-25)28(34(2)3)26-12-9-13-27(32)19-26/h6-13,19,22,24-25,28-29H,4-5,14-18,20-21H2,1-3H3,(H,36,37). The van der Waals surface area contributed by atoms with Crippen LogP contribution in [0.15, 0.2) is 59.6 Å². The highest BCUT2D eigenvalue weighted by Crippen LogP contribution is 2.45. The van der Waals surface area contributed by atoms with Crippen LogP contribution in [0.3, 0.4) is 0 Å². The fourth-order valence-corrected chi connectivity index (χ4v) is 7.73. The lowest BCUT2D eigenvalue weighted by molar-refractivity contribution is -0.144. The van der Waals surface area contributed by atoms with Gasteiger partial charge in [0.25, 0.3) is 0 Å². The van der Waals surface area contributed by atoms with E-state index in [-0.39, 0.29) is 23.8 Å². The van der Waals surface area contributed by atoms with Gasteiger partial charge in [-0.25, -0.2) is 9.18 Å². The van der Waals surface area contributed by atoms with Crippen molar-refractivity contribution in [2.45, 2.75) is 68.8 Å². The lowest BCUT2D eigenvalue weighted by Gasteiger charge is -2.44. The third-order valence-corrected chi connectivity index (χ3v) is 9.49. The number of thioether (sulfide) groups is 1. The van der Waals surface area contributed by atoms with Crippen LogP contribution in [-0.4, -0.2) is 65.2 Å². The first-order chi connectivity index (χ1) is 18.4. The number of halogens is 1. The summed E-state index contributed by atoms with van der Waals surface area (Å²) < 4.78 is 14.0. The molecule has 0 spiro atoms. The Balaban J connectivity index is 1.51. The predicted molar refractivity (Wildman–Crippen MR) is 155 cm³/mol. The van der Waals surface area contributed by atoms with Crippen LogP contribution in [0.4, 0.5) is 4.39 Å². The molecule has 4 rings (SSSR count). The van der Waals surface area contributed by atoms with E-state index in [9.17, 15) is 14.3 Å². The number of hydrogen-bond acceptors (Lipinski definition) is 5. The molecule has 1 aliphatic heterocycles. The summed E-state index contributed by atoms with van der Waals surface area (Å²) in [6.45, 7) is 3.01. The van der Waals surface area contributed by atoms with E-state index in [1.807, 2.05) is 30.6 Å². The van der Waals surface area contributed by atoms with Crippen molar-refractivity contribution in [1.82, 2.24) is 9.80 Å². The molecule has 1 N–H and O–H groups in total. The monoisotopic (exact) mass is 539 g/mol. The highest BCUT2D eigenvalue weighted by Gasteiger charge is 2.54. The molecule has 0 radical (unpaired) electrons. The first-order valence-corrected chi connectivity index (χ1v) is 15.1. The van der Waals surface area contributed by atoms with Gasteiger partial charge in [0.15, 0.2) is 5.54 Å². The van der Waals surface area contributed by atoms with Gasteiger partial charge in [-0.1, -0.05) is 55.8 Å². The molecule has 2 aromatic rings. The molecule has 0 amide bonds. The van der Waals surface area contributed by atoms with Crippen molar-refractivity contribution in [2.75, 3.05) is 26.4 Å². The zero-order chi connectivity index (χ0) is 27.1. The minimum absolute atomic E-state index is 0.136. The number of carboxylic acids is 1. The van der Waals surface area contributed by atoms with Crippen molar-refractivity contribution in [3.63, 3.8) is 0 Å². The molecule has 3 atom stereocenters. The lowest BCUT2D eigenvalue weighted by atomic mass is 9.70. The summed E-state index contributed by atoms with van der Waals surface area (Å²) in [4.78, 5) is 22.1. The maximum atomic E-state index is 14.0. The molecule has 3 unspecified atom stereocenters. The number of nitrogens with zero attached hydrogens (tertiary/aromatic N) is 3. The molecule has 1 saturated carbocycles. The number of aliphatic imine (C=N–C) groups is 1. The van der Waals surface area contributed by atoms with Gasteiger partial charge in [-0.2, -0.15) is 11.8 Å². The number of aliphatic carboxylic acids is 1. The SMILES string of the molecule is CCCCN1C=NC(CSCc2ccccc2)(C(=O)O)C1C1CCC(C(c2cccc(F)c2)N(C)C)CC1. The van der Waals surface area contributed by atoms with Crippen LogP contribution in [0.5, 0.6) is 0 Å². The topological polar surface area (TPSA) is 56.1 Å². The summed E-state index contributed by atoms with van der Waals surface area (Å²) in [5.41, 5.74) is 1.09. The smallest absolute Gasteiger partial charge is 0.334 e. The van der Waals surface area contributed by atoms with E-state index < -0.39 is 11.5 Å². The van der Waals surface area contributed by atoms with Crippen molar-refractivity contribution in [2.24, 2.45) is 16.8 Å². The number of unbranched alkanes of at least 4 members (excludes halogenated alkanes) is 1. The van der Waals surface area contributed by atoms with Crippen LogP contribution in [-0.2, 0) is 10.5 Å². The van der Waals surface area contributed by atoms with Gasteiger partial charge in [0, 0.05) is 24.1 Å². The Labute approximate surface area is 231 Å². The van der Waals surface area contributed by atoms with Gasteiger partial charge in [-0.05, 0) is 81.3 Å². The normalized spacial score (nSPS) is 26.1. The molecular weight excluding hydrogens is 497 g/mol. The predicted octanol–water partition coefficient (Wildman–Crippen LogP) is 6.50. The summed E-state index contributed by atoms with van der Waals surface area (Å²) in [6, 6.07) is 17.2. The van der Waals surface area contributed by atoms with Crippen LogP contribution in [0, 0.1) is 17.7 Å². The largest absolute Gasteiger partial charge is 0.479 e.